The van der Waals surface area contributed by atoms with Gasteiger partial charge in [0.05, 0.1) is 13.2 Å². The first-order chi connectivity index (χ1) is 12.5. The van der Waals surface area contributed by atoms with Gasteiger partial charge in [0.15, 0.2) is 11.7 Å². The lowest BCUT2D eigenvalue weighted by Gasteiger charge is -2.10. The Kier molecular flexibility index (Phi) is 5.04. The highest BCUT2D eigenvalue weighted by molar-refractivity contribution is 6.11. The zero-order chi connectivity index (χ0) is 18.7. The molecule has 0 saturated heterocycles. The molecule has 1 aliphatic rings. The fourth-order valence-corrected chi connectivity index (χ4v) is 3.16. The number of benzene rings is 2. The number of rotatable bonds is 6. The van der Waals surface area contributed by atoms with Crippen molar-refractivity contribution in [1.82, 2.24) is 0 Å². The molecule has 0 spiro atoms. The van der Waals surface area contributed by atoms with Crippen LogP contribution >= 0.6 is 0 Å². The van der Waals surface area contributed by atoms with Gasteiger partial charge >= 0.3 is 0 Å². The van der Waals surface area contributed by atoms with E-state index in [1.165, 1.54) is 7.11 Å². The van der Waals surface area contributed by atoms with E-state index in [1.54, 1.807) is 24.3 Å². The van der Waals surface area contributed by atoms with E-state index in [1.807, 2.05) is 31.2 Å². The molecule has 0 aromatic heterocycles. The molecule has 5 nitrogen and oxygen atoms in total. The first kappa shape index (κ1) is 17.7. The molecule has 0 bridgehead atoms. The topological polar surface area (TPSA) is 79.2 Å². The SMILES string of the molecule is COc1cccc(NC(=O)[C@H](C#N)C(=O)[C@@H]2C[C@@H]2c2cccc(C)c2)c1. The highest BCUT2D eigenvalue weighted by Gasteiger charge is 2.47. The Balaban J connectivity index is 1.68. The van der Waals surface area contributed by atoms with Crippen molar-refractivity contribution in [2.24, 2.45) is 11.8 Å². The summed E-state index contributed by atoms with van der Waals surface area (Å²) in [4.78, 5) is 25.1. The Morgan fingerprint density at radius 3 is 2.69 bits per heavy atom. The van der Waals surface area contributed by atoms with E-state index in [9.17, 15) is 14.9 Å². The maximum absolute atomic E-state index is 12.7. The number of anilines is 1. The standard InChI is InChI=1S/C21H20N2O3/c1-13-5-3-6-14(9-13)17-11-18(17)20(24)19(12-22)21(25)23-15-7-4-8-16(10-15)26-2/h3-10,17-19H,11H2,1-2H3,(H,23,25)/t17-,18-,19-/m1/s1. The second kappa shape index (κ2) is 7.40. The molecule has 3 rings (SSSR count). The van der Waals surface area contributed by atoms with Crippen molar-refractivity contribution in [3.63, 3.8) is 0 Å². The van der Waals surface area contributed by atoms with E-state index in [2.05, 4.69) is 11.4 Å². The van der Waals surface area contributed by atoms with Crippen molar-refractivity contribution in [2.45, 2.75) is 19.3 Å². The zero-order valence-electron chi connectivity index (χ0n) is 14.7. The fraction of sp³-hybridized carbons (Fsp3) is 0.286. The summed E-state index contributed by atoms with van der Waals surface area (Å²) in [6, 6.07) is 16.7. The maximum Gasteiger partial charge on any atom is 0.249 e. The lowest BCUT2D eigenvalue weighted by Crippen LogP contribution is -2.30. The van der Waals surface area contributed by atoms with Crippen LogP contribution < -0.4 is 10.1 Å². The predicted octanol–water partition coefficient (Wildman–Crippen LogP) is 3.45. The van der Waals surface area contributed by atoms with Crippen LogP contribution in [0.15, 0.2) is 48.5 Å². The van der Waals surface area contributed by atoms with E-state index in [0.29, 0.717) is 17.9 Å². The first-order valence-corrected chi connectivity index (χ1v) is 8.48. The zero-order valence-corrected chi connectivity index (χ0v) is 14.7. The van der Waals surface area contributed by atoms with E-state index in [4.69, 9.17) is 4.74 Å². The Morgan fingerprint density at radius 2 is 2.00 bits per heavy atom. The minimum atomic E-state index is -1.30. The van der Waals surface area contributed by atoms with Gasteiger partial charge in [-0.15, -0.1) is 0 Å². The van der Waals surface area contributed by atoms with Crippen LogP contribution in [0.4, 0.5) is 5.69 Å². The molecule has 2 aromatic rings. The molecular formula is C21H20N2O3. The molecule has 1 N–H and O–H groups in total. The van der Waals surface area contributed by atoms with E-state index < -0.39 is 11.8 Å². The van der Waals surface area contributed by atoms with Gasteiger partial charge in [0.1, 0.15) is 5.75 Å². The molecule has 0 unspecified atom stereocenters. The first-order valence-electron chi connectivity index (χ1n) is 8.48. The normalized spacial score (nSPS) is 19.1. The number of hydrogen-bond acceptors (Lipinski definition) is 4. The van der Waals surface area contributed by atoms with Gasteiger partial charge in [0, 0.05) is 17.7 Å². The van der Waals surface area contributed by atoms with Crippen molar-refractivity contribution in [3.05, 3.63) is 59.7 Å². The number of ether oxygens (including phenoxy) is 1. The summed E-state index contributed by atoms with van der Waals surface area (Å²) >= 11 is 0. The van der Waals surface area contributed by atoms with Crippen LogP contribution in [0.2, 0.25) is 0 Å². The van der Waals surface area contributed by atoms with Crippen molar-refractivity contribution < 1.29 is 14.3 Å². The van der Waals surface area contributed by atoms with Crippen LogP contribution in [0.3, 0.4) is 0 Å². The summed E-state index contributed by atoms with van der Waals surface area (Å²) in [6.07, 6.45) is 0.687. The van der Waals surface area contributed by atoms with Crippen LogP contribution in [0.5, 0.6) is 5.75 Å². The molecule has 2 aromatic carbocycles. The second-order valence-electron chi connectivity index (χ2n) is 6.55. The summed E-state index contributed by atoms with van der Waals surface area (Å²) in [6.45, 7) is 2.00. The maximum atomic E-state index is 12.7. The van der Waals surface area contributed by atoms with Crippen molar-refractivity contribution in [2.75, 3.05) is 12.4 Å². The Morgan fingerprint density at radius 1 is 1.23 bits per heavy atom. The van der Waals surface area contributed by atoms with Gasteiger partial charge in [-0.1, -0.05) is 35.9 Å². The van der Waals surface area contributed by atoms with Crippen molar-refractivity contribution >= 4 is 17.4 Å². The van der Waals surface area contributed by atoms with Crippen LogP contribution in [0.1, 0.15) is 23.5 Å². The van der Waals surface area contributed by atoms with Gasteiger partial charge in [-0.2, -0.15) is 5.26 Å². The van der Waals surface area contributed by atoms with Crippen LogP contribution in [-0.2, 0) is 9.59 Å². The minimum absolute atomic E-state index is 0.0999. The van der Waals surface area contributed by atoms with Gasteiger partial charge in [0.2, 0.25) is 5.91 Å². The number of aryl methyl sites for hydroxylation is 1. The molecule has 1 saturated carbocycles. The Bertz CT molecular complexity index is 885. The van der Waals surface area contributed by atoms with E-state index in [-0.39, 0.29) is 17.6 Å². The summed E-state index contributed by atoms with van der Waals surface area (Å²) < 4.78 is 5.11. The third-order valence-electron chi connectivity index (χ3n) is 4.64. The number of nitrogens with zero attached hydrogens (tertiary/aromatic N) is 1. The number of ketones is 1. The predicted molar refractivity (Wildman–Crippen MR) is 97.8 cm³/mol. The highest BCUT2D eigenvalue weighted by atomic mass is 16.5. The second-order valence-corrected chi connectivity index (χ2v) is 6.55. The molecule has 0 radical (unpaired) electrons. The molecule has 0 heterocycles. The molecule has 26 heavy (non-hydrogen) atoms. The molecule has 1 fully saturated rings. The van der Waals surface area contributed by atoms with Crippen LogP contribution in [0, 0.1) is 30.1 Å². The number of nitrogens with one attached hydrogen (secondary N) is 1. The molecule has 132 valence electrons. The highest BCUT2D eigenvalue weighted by Crippen LogP contribution is 2.49. The monoisotopic (exact) mass is 348 g/mol. The smallest absolute Gasteiger partial charge is 0.249 e. The summed E-state index contributed by atoms with van der Waals surface area (Å²) in [5.74, 6) is -1.79. The third kappa shape index (κ3) is 3.75. The molecule has 1 aliphatic carbocycles. The number of hydrogen-bond donors (Lipinski definition) is 1. The molecule has 1 amide bonds. The summed E-state index contributed by atoms with van der Waals surface area (Å²) in [7, 11) is 1.53. The van der Waals surface area contributed by atoms with Crippen molar-refractivity contribution in [3.8, 4) is 11.8 Å². The molecule has 3 atom stereocenters. The van der Waals surface area contributed by atoms with E-state index in [0.717, 1.165) is 11.1 Å². The number of carbonyl (C=O) groups is 2. The largest absolute Gasteiger partial charge is 0.497 e. The molecule has 5 heteroatoms. The third-order valence-corrected chi connectivity index (χ3v) is 4.64. The number of amides is 1. The quantitative estimate of drug-likeness (QED) is 0.811. The lowest BCUT2D eigenvalue weighted by atomic mass is 9.97. The Labute approximate surface area is 152 Å². The van der Waals surface area contributed by atoms with Gasteiger partial charge in [0.25, 0.3) is 0 Å². The van der Waals surface area contributed by atoms with E-state index >= 15 is 0 Å². The van der Waals surface area contributed by atoms with Gasteiger partial charge in [-0.25, -0.2) is 0 Å². The molecule has 0 aliphatic heterocycles. The van der Waals surface area contributed by atoms with Gasteiger partial charge in [-0.05, 0) is 37.0 Å². The van der Waals surface area contributed by atoms with Crippen molar-refractivity contribution in [1.29, 1.82) is 5.26 Å². The summed E-state index contributed by atoms with van der Waals surface area (Å²) in [5, 5.41) is 12.0. The Hall–Kier alpha value is -3.13. The van der Waals surface area contributed by atoms with Crippen LogP contribution in [0.25, 0.3) is 0 Å². The average molecular weight is 348 g/mol. The minimum Gasteiger partial charge on any atom is -0.497 e. The molecular weight excluding hydrogens is 328 g/mol. The number of Topliss-reactive ketones (excluding diaryl/α,β-unsaturated/α-hetero) is 1. The lowest BCUT2D eigenvalue weighted by molar-refractivity contribution is -0.129. The van der Waals surface area contributed by atoms with Crippen LogP contribution in [-0.4, -0.2) is 18.8 Å². The number of methoxy groups -OCH3 is 1. The fourth-order valence-electron chi connectivity index (χ4n) is 3.16. The summed E-state index contributed by atoms with van der Waals surface area (Å²) in [5.41, 5.74) is 2.72. The van der Waals surface area contributed by atoms with Gasteiger partial charge in [-0.3, -0.25) is 9.59 Å². The average Bonchev–Trinajstić information content (AvgIpc) is 3.43. The van der Waals surface area contributed by atoms with Gasteiger partial charge < -0.3 is 10.1 Å². The number of carbonyl (C=O) groups excluding carboxylic acids is 2. The number of nitriles is 1.